The van der Waals surface area contributed by atoms with Crippen molar-refractivity contribution in [2.45, 2.75) is 63.0 Å². The van der Waals surface area contributed by atoms with Gasteiger partial charge in [-0.15, -0.1) is 0 Å². The van der Waals surface area contributed by atoms with Gasteiger partial charge in [0.1, 0.15) is 0 Å². The standard InChI is InChI=1S/C32H40ClN3O3/c1-39-17-5-4-15-32(38,25-9-7-16-36(21-25)31(37)23-13-14-26(34)19-23)27-10-6-11-28(33)30(27)24-18-22-8-2-3-12-29(22)35-20-24/h2-3,6,8,10-12,18,20,23,25-26,38H,4-5,7,9,13-17,19,21,34H2,1H3/t23-,25?,26+,32+/m1/s1. The predicted molar refractivity (Wildman–Crippen MR) is 156 cm³/mol. The number of ether oxygens (including phenoxy) is 1. The van der Waals surface area contributed by atoms with E-state index in [0.717, 1.165) is 79.1 Å². The molecule has 1 aromatic heterocycles. The number of fused-ring (bicyclic) bond motifs is 1. The number of likely N-dealkylation sites (tertiary alicyclic amines) is 1. The Bertz CT molecular complexity index is 1300. The third-order valence-corrected chi connectivity index (χ3v) is 9.06. The number of para-hydroxylation sites is 1. The molecule has 4 atom stereocenters. The molecule has 208 valence electrons. The number of amides is 1. The number of hydrogen-bond acceptors (Lipinski definition) is 5. The highest BCUT2D eigenvalue weighted by Crippen LogP contribution is 2.46. The van der Waals surface area contributed by atoms with E-state index in [1.54, 1.807) is 7.11 Å². The summed E-state index contributed by atoms with van der Waals surface area (Å²) in [7, 11) is 1.70. The number of methoxy groups -OCH3 is 1. The molecule has 2 aromatic carbocycles. The molecule has 2 heterocycles. The van der Waals surface area contributed by atoms with Crippen LogP contribution in [0.25, 0.3) is 22.0 Å². The number of nitrogens with two attached hydrogens (primary N) is 1. The summed E-state index contributed by atoms with van der Waals surface area (Å²) in [4.78, 5) is 20.1. The lowest BCUT2D eigenvalue weighted by molar-refractivity contribution is -0.140. The number of piperidine rings is 1. The zero-order valence-corrected chi connectivity index (χ0v) is 23.6. The Morgan fingerprint density at radius 2 is 2.03 bits per heavy atom. The van der Waals surface area contributed by atoms with E-state index >= 15 is 0 Å². The minimum absolute atomic E-state index is 0.000972. The van der Waals surface area contributed by atoms with Crippen LogP contribution >= 0.6 is 11.6 Å². The molecular weight excluding hydrogens is 510 g/mol. The van der Waals surface area contributed by atoms with Crippen LogP contribution in [0.15, 0.2) is 54.7 Å². The quantitative estimate of drug-likeness (QED) is 0.323. The van der Waals surface area contributed by atoms with Crippen LogP contribution in [-0.4, -0.2) is 53.7 Å². The second-order valence-corrected chi connectivity index (χ2v) is 11.8. The van der Waals surface area contributed by atoms with E-state index in [0.29, 0.717) is 24.6 Å². The largest absolute Gasteiger partial charge is 0.385 e. The summed E-state index contributed by atoms with van der Waals surface area (Å²) in [5.74, 6) is 0.0804. The monoisotopic (exact) mass is 549 g/mol. The summed E-state index contributed by atoms with van der Waals surface area (Å²) in [5.41, 5.74) is 8.39. The summed E-state index contributed by atoms with van der Waals surface area (Å²) < 4.78 is 5.30. The molecule has 1 saturated heterocycles. The molecule has 39 heavy (non-hydrogen) atoms. The first-order chi connectivity index (χ1) is 18.9. The number of carbonyl (C=O) groups is 1. The van der Waals surface area contributed by atoms with E-state index in [-0.39, 0.29) is 23.8 Å². The van der Waals surface area contributed by atoms with Gasteiger partial charge in [0.05, 0.1) is 11.1 Å². The van der Waals surface area contributed by atoms with Gasteiger partial charge in [-0.05, 0) is 75.1 Å². The maximum absolute atomic E-state index is 13.5. The second-order valence-electron chi connectivity index (χ2n) is 11.3. The van der Waals surface area contributed by atoms with Gasteiger partial charge in [-0.1, -0.05) is 41.9 Å². The number of rotatable bonds is 9. The van der Waals surface area contributed by atoms with Crippen molar-refractivity contribution in [3.05, 3.63) is 65.3 Å². The molecule has 0 bridgehead atoms. The van der Waals surface area contributed by atoms with Crippen molar-refractivity contribution in [2.24, 2.45) is 17.6 Å². The molecule has 1 saturated carbocycles. The van der Waals surface area contributed by atoms with Crippen LogP contribution in [0.5, 0.6) is 0 Å². The summed E-state index contributed by atoms with van der Waals surface area (Å²) in [6.07, 6.45) is 8.28. The highest BCUT2D eigenvalue weighted by atomic mass is 35.5. The number of aliphatic hydroxyl groups is 1. The van der Waals surface area contributed by atoms with Gasteiger partial charge < -0.3 is 20.5 Å². The maximum atomic E-state index is 13.5. The maximum Gasteiger partial charge on any atom is 0.225 e. The van der Waals surface area contributed by atoms with Crippen molar-refractivity contribution in [2.75, 3.05) is 26.8 Å². The number of hydrogen-bond donors (Lipinski definition) is 2. The van der Waals surface area contributed by atoms with E-state index < -0.39 is 5.60 Å². The van der Waals surface area contributed by atoms with Gasteiger partial charge in [-0.3, -0.25) is 9.78 Å². The Hall–Kier alpha value is -2.51. The highest BCUT2D eigenvalue weighted by Gasteiger charge is 2.44. The summed E-state index contributed by atoms with van der Waals surface area (Å²) in [5, 5.41) is 14.3. The van der Waals surface area contributed by atoms with Crippen LogP contribution < -0.4 is 5.73 Å². The molecule has 3 aromatic rings. The smallest absolute Gasteiger partial charge is 0.225 e. The fraction of sp³-hybridized carbons (Fsp3) is 0.500. The van der Waals surface area contributed by atoms with Gasteiger partial charge in [0.2, 0.25) is 5.91 Å². The van der Waals surface area contributed by atoms with Crippen LogP contribution in [0.3, 0.4) is 0 Å². The van der Waals surface area contributed by atoms with Crippen LogP contribution in [0.2, 0.25) is 5.02 Å². The molecule has 3 N–H and O–H groups in total. The minimum Gasteiger partial charge on any atom is -0.385 e. The van der Waals surface area contributed by atoms with Crippen molar-refractivity contribution in [1.29, 1.82) is 0 Å². The molecule has 1 amide bonds. The number of halogens is 1. The second kappa shape index (κ2) is 12.3. The SMILES string of the molecule is COCCCC[C@@](O)(c1cccc(Cl)c1-c1cnc2ccccc2c1)C1CCCN(C(=O)[C@@H]2CC[C@H](N)C2)C1. The lowest BCUT2D eigenvalue weighted by Crippen LogP contribution is -2.49. The number of nitrogens with zero attached hydrogens (tertiary/aromatic N) is 2. The lowest BCUT2D eigenvalue weighted by atomic mass is 9.72. The average molecular weight is 550 g/mol. The molecule has 6 nitrogen and oxygen atoms in total. The number of pyridine rings is 1. The summed E-state index contributed by atoms with van der Waals surface area (Å²) in [6, 6.07) is 16.0. The first kappa shape index (κ1) is 28.0. The van der Waals surface area contributed by atoms with Crippen molar-refractivity contribution in [1.82, 2.24) is 9.88 Å². The first-order valence-electron chi connectivity index (χ1n) is 14.3. The Morgan fingerprint density at radius 1 is 1.18 bits per heavy atom. The topological polar surface area (TPSA) is 88.7 Å². The molecule has 2 aliphatic rings. The zero-order valence-electron chi connectivity index (χ0n) is 22.8. The van der Waals surface area contributed by atoms with E-state index in [1.165, 1.54) is 0 Å². The van der Waals surface area contributed by atoms with E-state index in [2.05, 4.69) is 11.1 Å². The van der Waals surface area contributed by atoms with Gasteiger partial charge >= 0.3 is 0 Å². The Balaban J connectivity index is 1.52. The van der Waals surface area contributed by atoms with Gasteiger partial charge in [0, 0.05) is 72.4 Å². The number of unbranched alkanes of at least 4 members (excludes halogenated alkanes) is 1. The third kappa shape index (κ3) is 5.99. The Morgan fingerprint density at radius 3 is 2.82 bits per heavy atom. The van der Waals surface area contributed by atoms with E-state index in [9.17, 15) is 9.90 Å². The zero-order chi connectivity index (χ0) is 27.4. The summed E-state index contributed by atoms with van der Waals surface area (Å²) >= 11 is 6.89. The van der Waals surface area contributed by atoms with Crippen LogP contribution in [0.1, 0.15) is 56.9 Å². The van der Waals surface area contributed by atoms with Crippen molar-refractivity contribution in [3.63, 3.8) is 0 Å². The molecule has 1 aliphatic heterocycles. The van der Waals surface area contributed by atoms with Crippen molar-refractivity contribution >= 4 is 28.4 Å². The van der Waals surface area contributed by atoms with Crippen LogP contribution in [-0.2, 0) is 15.1 Å². The fourth-order valence-corrected chi connectivity index (χ4v) is 6.94. The number of carbonyl (C=O) groups excluding carboxylic acids is 1. The van der Waals surface area contributed by atoms with Gasteiger partial charge in [-0.2, -0.15) is 0 Å². The molecule has 2 fully saturated rings. The van der Waals surface area contributed by atoms with Crippen LogP contribution in [0, 0.1) is 11.8 Å². The van der Waals surface area contributed by atoms with Gasteiger partial charge in [-0.25, -0.2) is 0 Å². The van der Waals surface area contributed by atoms with Crippen LogP contribution in [0.4, 0.5) is 0 Å². The normalized spacial score (nSPS) is 23.2. The third-order valence-electron chi connectivity index (χ3n) is 8.75. The molecular formula is C32H40ClN3O3. The number of benzene rings is 2. The molecule has 5 rings (SSSR count). The van der Waals surface area contributed by atoms with Crippen molar-refractivity contribution in [3.8, 4) is 11.1 Å². The predicted octanol–water partition coefficient (Wildman–Crippen LogP) is 5.93. The molecule has 7 heteroatoms. The minimum atomic E-state index is -1.16. The average Bonchev–Trinajstić information content (AvgIpc) is 3.40. The van der Waals surface area contributed by atoms with E-state index in [4.69, 9.17) is 22.1 Å². The number of aromatic nitrogens is 1. The molecule has 0 radical (unpaired) electrons. The van der Waals surface area contributed by atoms with Crippen molar-refractivity contribution < 1.29 is 14.6 Å². The highest BCUT2D eigenvalue weighted by molar-refractivity contribution is 6.33. The van der Waals surface area contributed by atoms with Gasteiger partial charge in [0.15, 0.2) is 0 Å². The lowest BCUT2D eigenvalue weighted by Gasteiger charge is -2.44. The molecule has 1 unspecified atom stereocenters. The molecule has 1 aliphatic carbocycles. The summed E-state index contributed by atoms with van der Waals surface area (Å²) in [6.45, 7) is 1.91. The Labute approximate surface area is 236 Å². The van der Waals surface area contributed by atoms with E-state index in [1.807, 2.05) is 53.6 Å². The van der Waals surface area contributed by atoms with Gasteiger partial charge in [0.25, 0.3) is 0 Å². The Kier molecular flexibility index (Phi) is 8.87. The first-order valence-corrected chi connectivity index (χ1v) is 14.7. The molecule has 0 spiro atoms. The fourth-order valence-electron chi connectivity index (χ4n) is 6.65.